The van der Waals surface area contributed by atoms with Crippen molar-refractivity contribution in [2.24, 2.45) is 0 Å². The Hall–Kier alpha value is -0.810. The highest BCUT2D eigenvalue weighted by atomic mass is 16.5. The van der Waals surface area contributed by atoms with Crippen molar-refractivity contribution in [1.29, 1.82) is 0 Å². The molecule has 2 amide bonds. The molecule has 2 fully saturated rings. The second-order valence-electron chi connectivity index (χ2n) is 4.49. The molecule has 2 N–H and O–H groups in total. The quantitative estimate of drug-likeness (QED) is 0.722. The van der Waals surface area contributed by atoms with Crippen LogP contribution >= 0.6 is 0 Å². The number of nitrogens with one attached hydrogen (secondary N) is 2. The molecule has 5 heteroatoms. The van der Waals surface area contributed by atoms with Crippen LogP contribution in [0.3, 0.4) is 0 Å². The zero-order valence-electron chi connectivity index (χ0n) is 9.87. The molecule has 0 aliphatic carbocycles. The molecule has 0 aromatic rings. The van der Waals surface area contributed by atoms with Crippen LogP contribution in [0.15, 0.2) is 0 Å². The molecule has 0 radical (unpaired) electrons. The summed E-state index contributed by atoms with van der Waals surface area (Å²) in [4.78, 5) is 13.5. The van der Waals surface area contributed by atoms with Crippen molar-refractivity contribution >= 4 is 6.03 Å². The highest BCUT2D eigenvalue weighted by Gasteiger charge is 2.28. The van der Waals surface area contributed by atoms with Gasteiger partial charge >= 0.3 is 6.03 Å². The van der Waals surface area contributed by atoms with E-state index < -0.39 is 0 Å². The highest BCUT2D eigenvalue weighted by molar-refractivity contribution is 5.74. The van der Waals surface area contributed by atoms with Crippen LogP contribution in [-0.4, -0.2) is 55.9 Å². The van der Waals surface area contributed by atoms with Gasteiger partial charge in [0.05, 0.1) is 6.61 Å². The van der Waals surface area contributed by atoms with Crippen LogP contribution in [0.5, 0.6) is 0 Å². The second-order valence-corrected chi connectivity index (χ2v) is 4.49. The third kappa shape index (κ3) is 2.86. The molecule has 92 valence electrons. The van der Waals surface area contributed by atoms with E-state index in [0.29, 0.717) is 18.6 Å². The summed E-state index contributed by atoms with van der Waals surface area (Å²) in [7, 11) is 0. The first-order chi connectivity index (χ1) is 7.79. The summed E-state index contributed by atoms with van der Waals surface area (Å²) >= 11 is 0. The first-order valence-corrected chi connectivity index (χ1v) is 6.16. The predicted octanol–water partition coefficient (Wildman–Crippen LogP) is 0.169. The summed E-state index contributed by atoms with van der Waals surface area (Å²) in [5.74, 6) is 0. The lowest BCUT2D eigenvalue weighted by Crippen LogP contribution is -2.43. The Balaban J connectivity index is 1.72. The van der Waals surface area contributed by atoms with Gasteiger partial charge in [-0.25, -0.2) is 4.79 Å². The summed E-state index contributed by atoms with van der Waals surface area (Å²) in [6, 6.07) is 0.989. The number of ether oxygens (including phenoxy) is 1. The molecule has 0 bridgehead atoms. The van der Waals surface area contributed by atoms with E-state index in [4.69, 9.17) is 4.74 Å². The van der Waals surface area contributed by atoms with Gasteiger partial charge in [0.25, 0.3) is 0 Å². The maximum Gasteiger partial charge on any atom is 0.317 e. The number of carbonyl (C=O) groups is 1. The van der Waals surface area contributed by atoms with Gasteiger partial charge in [0.1, 0.15) is 0 Å². The molecule has 0 aromatic carbocycles. The lowest BCUT2D eigenvalue weighted by Gasteiger charge is -2.19. The molecule has 16 heavy (non-hydrogen) atoms. The van der Waals surface area contributed by atoms with E-state index in [1.165, 1.54) is 0 Å². The van der Waals surface area contributed by atoms with Crippen LogP contribution in [0.1, 0.15) is 19.8 Å². The van der Waals surface area contributed by atoms with E-state index in [-0.39, 0.29) is 6.03 Å². The zero-order valence-corrected chi connectivity index (χ0v) is 9.87. The average Bonchev–Trinajstić information content (AvgIpc) is 2.90. The number of urea groups is 1. The normalized spacial score (nSPS) is 29.7. The minimum Gasteiger partial charge on any atom is -0.380 e. The van der Waals surface area contributed by atoms with Crippen molar-refractivity contribution in [2.75, 3.05) is 32.8 Å². The fourth-order valence-electron chi connectivity index (χ4n) is 2.34. The van der Waals surface area contributed by atoms with E-state index in [1.54, 1.807) is 0 Å². The fraction of sp³-hybridized carbons (Fsp3) is 0.909. The van der Waals surface area contributed by atoms with Crippen LogP contribution in [0.2, 0.25) is 0 Å². The molecule has 0 saturated carbocycles. The third-order valence-corrected chi connectivity index (χ3v) is 3.20. The van der Waals surface area contributed by atoms with Gasteiger partial charge in [-0.3, -0.25) is 0 Å². The number of hydrogen-bond donors (Lipinski definition) is 2. The summed E-state index contributed by atoms with van der Waals surface area (Å²) < 4.78 is 5.32. The number of amides is 2. The Labute approximate surface area is 96.5 Å². The molecule has 2 heterocycles. The molecule has 2 aliphatic heterocycles. The van der Waals surface area contributed by atoms with Crippen LogP contribution in [-0.2, 0) is 4.74 Å². The minimum atomic E-state index is 0.0643. The number of likely N-dealkylation sites (tertiary alicyclic amines) is 1. The molecule has 5 nitrogen and oxygen atoms in total. The maximum atomic E-state index is 11.6. The average molecular weight is 227 g/mol. The SMILES string of the molecule is CCNC(=O)N1CCC(NC2CCOC2)C1. The van der Waals surface area contributed by atoms with Crippen LogP contribution < -0.4 is 10.6 Å². The van der Waals surface area contributed by atoms with Crippen molar-refractivity contribution in [1.82, 2.24) is 15.5 Å². The fourth-order valence-corrected chi connectivity index (χ4v) is 2.34. The van der Waals surface area contributed by atoms with Gasteiger partial charge in [-0.2, -0.15) is 0 Å². The van der Waals surface area contributed by atoms with E-state index in [1.807, 2.05) is 11.8 Å². The van der Waals surface area contributed by atoms with E-state index in [0.717, 1.165) is 39.1 Å². The van der Waals surface area contributed by atoms with Crippen molar-refractivity contribution in [2.45, 2.75) is 31.8 Å². The summed E-state index contributed by atoms with van der Waals surface area (Å²) in [5, 5.41) is 6.39. The molecule has 2 saturated heterocycles. The molecule has 0 spiro atoms. The minimum absolute atomic E-state index is 0.0643. The van der Waals surface area contributed by atoms with Gasteiger partial charge in [-0.15, -0.1) is 0 Å². The molecule has 2 atom stereocenters. The predicted molar refractivity (Wildman–Crippen MR) is 61.4 cm³/mol. The Bertz CT molecular complexity index is 241. The second kappa shape index (κ2) is 5.50. The molecule has 2 aliphatic rings. The van der Waals surface area contributed by atoms with Gasteiger partial charge < -0.3 is 20.3 Å². The largest absolute Gasteiger partial charge is 0.380 e. The third-order valence-electron chi connectivity index (χ3n) is 3.20. The standard InChI is InChI=1S/C11H21N3O2/c1-2-12-11(15)14-5-3-9(7-14)13-10-4-6-16-8-10/h9-10,13H,2-8H2,1H3,(H,12,15). The van der Waals surface area contributed by atoms with Crippen molar-refractivity contribution in [3.05, 3.63) is 0 Å². The monoisotopic (exact) mass is 227 g/mol. The maximum absolute atomic E-state index is 11.6. The first-order valence-electron chi connectivity index (χ1n) is 6.16. The van der Waals surface area contributed by atoms with Gasteiger partial charge in [0.15, 0.2) is 0 Å². The van der Waals surface area contributed by atoms with Crippen LogP contribution in [0.25, 0.3) is 0 Å². The van der Waals surface area contributed by atoms with Crippen molar-refractivity contribution in [3.8, 4) is 0 Å². The lowest BCUT2D eigenvalue weighted by atomic mass is 10.2. The first kappa shape index (κ1) is 11.7. The molecular weight excluding hydrogens is 206 g/mol. The Kier molecular flexibility index (Phi) is 4.01. The van der Waals surface area contributed by atoms with Crippen molar-refractivity contribution in [3.63, 3.8) is 0 Å². The Morgan fingerprint density at radius 1 is 1.44 bits per heavy atom. The van der Waals surface area contributed by atoms with E-state index in [2.05, 4.69) is 10.6 Å². The topological polar surface area (TPSA) is 53.6 Å². The molecular formula is C11H21N3O2. The number of carbonyl (C=O) groups excluding carboxylic acids is 1. The number of nitrogens with zero attached hydrogens (tertiary/aromatic N) is 1. The zero-order chi connectivity index (χ0) is 11.4. The van der Waals surface area contributed by atoms with E-state index in [9.17, 15) is 4.79 Å². The molecule has 2 unspecified atom stereocenters. The summed E-state index contributed by atoms with van der Waals surface area (Å²) in [5.41, 5.74) is 0. The van der Waals surface area contributed by atoms with Gasteiger partial charge in [0, 0.05) is 38.3 Å². The van der Waals surface area contributed by atoms with Gasteiger partial charge in [-0.05, 0) is 19.8 Å². The van der Waals surface area contributed by atoms with Crippen LogP contribution in [0, 0.1) is 0 Å². The van der Waals surface area contributed by atoms with Crippen molar-refractivity contribution < 1.29 is 9.53 Å². The van der Waals surface area contributed by atoms with E-state index >= 15 is 0 Å². The highest BCUT2D eigenvalue weighted by Crippen LogP contribution is 2.12. The Morgan fingerprint density at radius 2 is 2.31 bits per heavy atom. The lowest BCUT2D eigenvalue weighted by molar-refractivity contribution is 0.187. The number of hydrogen-bond acceptors (Lipinski definition) is 3. The van der Waals surface area contributed by atoms with Gasteiger partial charge in [-0.1, -0.05) is 0 Å². The molecule has 2 rings (SSSR count). The van der Waals surface area contributed by atoms with Gasteiger partial charge in [0.2, 0.25) is 0 Å². The smallest absolute Gasteiger partial charge is 0.317 e. The summed E-state index contributed by atoms with van der Waals surface area (Å²) in [6.07, 6.45) is 2.14. The molecule has 0 aromatic heterocycles. The van der Waals surface area contributed by atoms with Crippen LogP contribution in [0.4, 0.5) is 4.79 Å². The summed E-state index contributed by atoms with van der Waals surface area (Å²) in [6.45, 7) is 6.00. The Morgan fingerprint density at radius 3 is 3.00 bits per heavy atom. The number of rotatable bonds is 3.